The number of halogens is 2. The Morgan fingerprint density at radius 3 is 2.83 bits per heavy atom. The van der Waals surface area contributed by atoms with E-state index in [1.807, 2.05) is 4.57 Å². The van der Waals surface area contributed by atoms with Gasteiger partial charge in [0.05, 0.1) is 17.6 Å². The SMILES string of the molecule is N#Cc1ccnc2c1nc(C1CCC1)n2Cc1cc(=O)[nH]c2c(F)c(F)ccc12. The Morgan fingerprint density at radius 1 is 1.28 bits per heavy atom. The minimum Gasteiger partial charge on any atom is -0.319 e. The number of benzene rings is 1. The monoisotopic (exact) mass is 391 g/mol. The van der Waals surface area contributed by atoms with Crippen molar-refractivity contribution in [3.63, 3.8) is 0 Å². The Kier molecular flexibility index (Phi) is 3.91. The van der Waals surface area contributed by atoms with Gasteiger partial charge in [0.2, 0.25) is 5.56 Å². The molecule has 0 saturated heterocycles. The third-order valence-electron chi connectivity index (χ3n) is 5.58. The van der Waals surface area contributed by atoms with Crippen molar-refractivity contribution in [3.05, 3.63) is 69.4 Å². The van der Waals surface area contributed by atoms with Crippen molar-refractivity contribution in [2.75, 3.05) is 0 Å². The minimum absolute atomic E-state index is 0.159. The van der Waals surface area contributed by atoms with Gasteiger partial charge in [0.15, 0.2) is 17.3 Å². The van der Waals surface area contributed by atoms with Crippen molar-refractivity contribution in [2.24, 2.45) is 0 Å². The molecular weight excluding hydrogens is 376 g/mol. The van der Waals surface area contributed by atoms with E-state index in [0.29, 0.717) is 27.7 Å². The lowest BCUT2D eigenvalue weighted by Gasteiger charge is -2.25. The molecule has 5 rings (SSSR count). The van der Waals surface area contributed by atoms with Crippen LogP contribution in [0.4, 0.5) is 8.78 Å². The van der Waals surface area contributed by atoms with Gasteiger partial charge in [-0.15, -0.1) is 0 Å². The summed E-state index contributed by atoms with van der Waals surface area (Å²) in [5.41, 5.74) is 1.35. The standard InChI is InChI=1S/C21H15F2N5O/c22-15-5-4-14-13(8-16(29)26-19(14)17(15)23)10-28-20(11-2-1-3-11)27-18-12(9-24)6-7-25-21(18)28/h4-8,11H,1-3,10H2,(H,26,29). The van der Waals surface area contributed by atoms with Crippen LogP contribution in [-0.4, -0.2) is 19.5 Å². The fraction of sp³-hybridized carbons (Fsp3) is 0.238. The molecule has 3 aromatic heterocycles. The van der Waals surface area contributed by atoms with Crippen LogP contribution in [0.25, 0.3) is 22.1 Å². The second-order valence-electron chi connectivity index (χ2n) is 7.27. The minimum atomic E-state index is -1.08. The topological polar surface area (TPSA) is 87.4 Å². The lowest BCUT2D eigenvalue weighted by atomic mass is 9.85. The molecule has 0 spiro atoms. The second-order valence-corrected chi connectivity index (χ2v) is 7.27. The van der Waals surface area contributed by atoms with Crippen LogP contribution in [0, 0.1) is 23.0 Å². The zero-order valence-electron chi connectivity index (χ0n) is 15.2. The number of nitrogens with one attached hydrogen (secondary N) is 1. The maximum atomic E-state index is 14.2. The predicted molar refractivity (Wildman–Crippen MR) is 102 cm³/mol. The lowest BCUT2D eigenvalue weighted by Crippen LogP contribution is -2.17. The van der Waals surface area contributed by atoms with E-state index in [1.165, 1.54) is 12.1 Å². The molecule has 0 radical (unpaired) electrons. The van der Waals surface area contributed by atoms with E-state index in [4.69, 9.17) is 4.98 Å². The first-order valence-electron chi connectivity index (χ1n) is 9.32. The molecule has 1 aliphatic rings. The van der Waals surface area contributed by atoms with E-state index in [2.05, 4.69) is 16.0 Å². The van der Waals surface area contributed by atoms with Gasteiger partial charge in [-0.25, -0.2) is 18.7 Å². The Balaban J connectivity index is 1.75. The predicted octanol–water partition coefficient (Wildman–Crippen LogP) is 3.74. The maximum absolute atomic E-state index is 14.2. The number of hydrogen-bond donors (Lipinski definition) is 1. The first-order valence-corrected chi connectivity index (χ1v) is 9.32. The van der Waals surface area contributed by atoms with E-state index in [-0.39, 0.29) is 18.0 Å². The number of fused-ring (bicyclic) bond motifs is 2. The molecular formula is C21H15F2N5O. The number of pyridine rings is 2. The van der Waals surface area contributed by atoms with Crippen molar-refractivity contribution in [3.8, 4) is 6.07 Å². The van der Waals surface area contributed by atoms with E-state index in [9.17, 15) is 18.8 Å². The molecule has 1 saturated carbocycles. The summed E-state index contributed by atoms with van der Waals surface area (Å²) in [4.78, 5) is 23.6. The Hall–Kier alpha value is -3.60. The van der Waals surface area contributed by atoms with E-state index < -0.39 is 17.2 Å². The number of imidazole rings is 1. The highest BCUT2D eigenvalue weighted by molar-refractivity contribution is 5.83. The highest BCUT2D eigenvalue weighted by Gasteiger charge is 2.27. The fourth-order valence-corrected chi connectivity index (χ4v) is 3.90. The average Bonchev–Trinajstić information content (AvgIpc) is 3.01. The summed E-state index contributed by atoms with van der Waals surface area (Å²) in [5, 5.41) is 9.84. The maximum Gasteiger partial charge on any atom is 0.248 e. The molecule has 6 nitrogen and oxygen atoms in total. The van der Waals surface area contributed by atoms with Crippen molar-refractivity contribution >= 4 is 22.1 Å². The Bertz CT molecular complexity index is 1380. The number of H-pyrrole nitrogens is 1. The summed E-state index contributed by atoms with van der Waals surface area (Å²) < 4.78 is 29.8. The van der Waals surface area contributed by atoms with Gasteiger partial charge in [-0.05, 0) is 36.6 Å². The quantitative estimate of drug-likeness (QED) is 0.576. The van der Waals surface area contributed by atoms with Gasteiger partial charge < -0.3 is 9.55 Å². The van der Waals surface area contributed by atoms with E-state index in [1.54, 1.807) is 12.3 Å². The first-order chi connectivity index (χ1) is 14.1. The normalized spacial score (nSPS) is 14.2. The van der Waals surface area contributed by atoms with E-state index >= 15 is 0 Å². The van der Waals surface area contributed by atoms with Crippen LogP contribution in [-0.2, 0) is 6.54 Å². The van der Waals surface area contributed by atoms with Crippen LogP contribution in [0.3, 0.4) is 0 Å². The van der Waals surface area contributed by atoms with Crippen molar-refractivity contribution in [1.82, 2.24) is 19.5 Å². The summed E-state index contributed by atoms with van der Waals surface area (Å²) in [6.07, 6.45) is 4.63. The van der Waals surface area contributed by atoms with Crippen molar-refractivity contribution < 1.29 is 8.78 Å². The summed E-state index contributed by atoms with van der Waals surface area (Å²) in [5.74, 6) is -1.05. The molecule has 29 heavy (non-hydrogen) atoms. The lowest BCUT2D eigenvalue weighted by molar-refractivity contribution is 0.391. The van der Waals surface area contributed by atoms with Gasteiger partial charge in [-0.1, -0.05) is 6.42 Å². The van der Waals surface area contributed by atoms with Gasteiger partial charge in [-0.2, -0.15) is 5.26 Å². The zero-order valence-corrected chi connectivity index (χ0v) is 15.2. The molecule has 1 aromatic carbocycles. The van der Waals surface area contributed by atoms with Crippen LogP contribution >= 0.6 is 0 Å². The van der Waals surface area contributed by atoms with Crippen LogP contribution in [0.2, 0.25) is 0 Å². The molecule has 4 aromatic rings. The smallest absolute Gasteiger partial charge is 0.248 e. The molecule has 0 aliphatic heterocycles. The number of nitriles is 1. The summed E-state index contributed by atoms with van der Waals surface area (Å²) in [6, 6.07) is 7.63. The first kappa shape index (κ1) is 17.5. The largest absolute Gasteiger partial charge is 0.319 e. The van der Waals surface area contributed by atoms with Crippen LogP contribution in [0.15, 0.2) is 35.3 Å². The van der Waals surface area contributed by atoms with Crippen LogP contribution in [0.5, 0.6) is 0 Å². The highest BCUT2D eigenvalue weighted by Crippen LogP contribution is 2.38. The number of aromatic nitrogens is 4. The zero-order chi connectivity index (χ0) is 20.1. The Labute approximate surface area is 163 Å². The number of hydrogen-bond acceptors (Lipinski definition) is 4. The molecule has 144 valence electrons. The van der Waals surface area contributed by atoms with Gasteiger partial charge in [0.1, 0.15) is 17.4 Å². The number of rotatable bonds is 3. The van der Waals surface area contributed by atoms with Gasteiger partial charge in [0.25, 0.3) is 0 Å². The third-order valence-corrected chi connectivity index (χ3v) is 5.58. The molecule has 0 amide bonds. The number of nitrogens with zero attached hydrogens (tertiary/aromatic N) is 4. The second kappa shape index (κ2) is 6.48. The third kappa shape index (κ3) is 2.70. The molecule has 3 heterocycles. The number of aromatic amines is 1. The molecule has 0 atom stereocenters. The summed E-state index contributed by atoms with van der Waals surface area (Å²) in [7, 11) is 0. The summed E-state index contributed by atoms with van der Waals surface area (Å²) in [6.45, 7) is 0.218. The van der Waals surface area contributed by atoms with Crippen LogP contribution in [0.1, 0.15) is 42.1 Å². The average molecular weight is 391 g/mol. The van der Waals surface area contributed by atoms with Crippen LogP contribution < -0.4 is 5.56 Å². The highest BCUT2D eigenvalue weighted by atomic mass is 19.2. The molecule has 0 unspecified atom stereocenters. The fourth-order valence-electron chi connectivity index (χ4n) is 3.90. The van der Waals surface area contributed by atoms with Gasteiger partial charge in [0, 0.05) is 23.6 Å². The molecule has 0 bridgehead atoms. The molecule has 1 fully saturated rings. The molecule has 1 N–H and O–H groups in total. The molecule has 8 heteroatoms. The molecule has 1 aliphatic carbocycles. The Morgan fingerprint density at radius 2 is 2.10 bits per heavy atom. The van der Waals surface area contributed by atoms with E-state index in [0.717, 1.165) is 31.2 Å². The van der Waals surface area contributed by atoms with Gasteiger partial charge in [-0.3, -0.25) is 4.79 Å². The van der Waals surface area contributed by atoms with Crippen molar-refractivity contribution in [2.45, 2.75) is 31.7 Å². The van der Waals surface area contributed by atoms with Crippen molar-refractivity contribution in [1.29, 1.82) is 5.26 Å². The summed E-state index contributed by atoms with van der Waals surface area (Å²) >= 11 is 0. The van der Waals surface area contributed by atoms with Gasteiger partial charge >= 0.3 is 0 Å².